The molecule has 0 radical (unpaired) electrons. The lowest BCUT2D eigenvalue weighted by Crippen LogP contribution is -2.30. The fourth-order valence-electron chi connectivity index (χ4n) is 3.64. The van der Waals surface area contributed by atoms with E-state index in [0.717, 1.165) is 41.4 Å². The normalized spacial score (nSPS) is 11.8. The number of aryl methyl sites for hydroxylation is 1. The second-order valence-electron chi connectivity index (χ2n) is 7.87. The minimum atomic E-state index is -0.235. The Morgan fingerprint density at radius 3 is 2.56 bits per heavy atom. The Bertz CT molecular complexity index is 1090. The van der Waals surface area contributed by atoms with Gasteiger partial charge in [-0.25, -0.2) is 0 Å². The van der Waals surface area contributed by atoms with Gasteiger partial charge >= 0.3 is 0 Å². The number of thioether (sulfide) groups is 1. The zero-order valence-electron chi connectivity index (χ0n) is 18.4. The van der Waals surface area contributed by atoms with Crippen molar-refractivity contribution >= 4 is 45.3 Å². The van der Waals surface area contributed by atoms with Gasteiger partial charge in [0.1, 0.15) is 0 Å². The number of para-hydroxylation sites is 2. The number of aromatic amines is 1. The van der Waals surface area contributed by atoms with E-state index in [-0.39, 0.29) is 35.1 Å². The summed E-state index contributed by atoms with van der Waals surface area (Å²) in [5.41, 5.74) is 4.09. The lowest BCUT2D eigenvalue weighted by molar-refractivity contribution is -0.123. The largest absolute Gasteiger partial charge is 0.361 e. The van der Waals surface area contributed by atoms with Crippen LogP contribution in [0.5, 0.6) is 0 Å². The van der Waals surface area contributed by atoms with Gasteiger partial charge in [0.2, 0.25) is 16.9 Å². The third-order valence-electron chi connectivity index (χ3n) is 5.24. The summed E-state index contributed by atoms with van der Waals surface area (Å²) < 4.78 is 0. The number of H-pyrrole nitrogens is 1. The molecular weight excluding hydrogens is 422 g/mol. The van der Waals surface area contributed by atoms with E-state index < -0.39 is 0 Å². The molecule has 3 N–H and O–H groups in total. The highest BCUT2D eigenvalue weighted by Gasteiger charge is 2.14. The smallest absolute Gasteiger partial charge is 0.234 e. The Kier molecular flexibility index (Phi) is 8.50. The van der Waals surface area contributed by atoms with Crippen LogP contribution in [-0.2, 0) is 27.2 Å². The maximum atomic E-state index is 12.2. The summed E-state index contributed by atoms with van der Waals surface area (Å²) in [7, 11) is 0. The molecule has 32 heavy (non-hydrogen) atoms. The standard InChI is InChI=1S/C25H29N3O3S/c1-3-18-8-4-6-10-21(18)28-24(30)16-32-25(31)15-27-23(29)13-17(2)12-19-14-26-22-11-7-5-9-20(19)22/h4-11,14,17,26H,3,12-13,15-16H2,1-2H3,(H,27,29)(H,28,30)/t17-/m1/s1. The summed E-state index contributed by atoms with van der Waals surface area (Å²) in [5, 5.41) is 6.45. The molecular formula is C25H29N3O3S. The molecule has 3 rings (SSSR count). The average molecular weight is 452 g/mol. The molecule has 2 aromatic carbocycles. The van der Waals surface area contributed by atoms with Gasteiger partial charge in [-0.05, 0) is 42.0 Å². The number of anilines is 1. The molecule has 168 valence electrons. The quantitative estimate of drug-likeness (QED) is 0.428. The first kappa shape index (κ1) is 23.6. The van der Waals surface area contributed by atoms with Crippen LogP contribution in [0, 0.1) is 5.92 Å². The number of hydrogen-bond donors (Lipinski definition) is 3. The molecule has 0 bridgehead atoms. The van der Waals surface area contributed by atoms with Gasteiger partial charge in [0.15, 0.2) is 0 Å². The predicted octanol–water partition coefficient (Wildman–Crippen LogP) is 4.31. The van der Waals surface area contributed by atoms with Crippen molar-refractivity contribution in [3.8, 4) is 0 Å². The monoisotopic (exact) mass is 451 g/mol. The highest BCUT2D eigenvalue weighted by atomic mass is 32.2. The summed E-state index contributed by atoms with van der Waals surface area (Å²) in [6.45, 7) is 3.96. The van der Waals surface area contributed by atoms with E-state index in [0.29, 0.717) is 6.42 Å². The Morgan fingerprint density at radius 1 is 1.00 bits per heavy atom. The lowest BCUT2D eigenvalue weighted by Gasteiger charge is -2.11. The molecule has 0 aliphatic carbocycles. The van der Waals surface area contributed by atoms with Gasteiger partial charge in [0, 0.05) is 29.2 Å². The number of benzene rings is 2. The average Bonchev–Trinajstić information content (AvgIpc) is 3.19. The number of carbonyl (C=O) groups is 3. The van der Waals surface area contributed by atoms with Crippen LogP contribution in [0.4, 0.5) is 5.69 Å². The fourth-order valence-corrected chi connectivity index (χ4v) is 4.18. The van der Waals surface area contributed by atoms with Crippen LogP contribution < -0.4 is 10.6 Å². The summed E-state index contributed by atoms with van der Waals surface area (Å²) in [5.74, 6) is -0.235. The van der Waals surface area contributed by atoms with Crippen molar-refractivity contribution in [2.45, 2.75) is 33.1 Å². The predicted molar refractivity (Wildman–Crippen MR) is 131 cm³/mol. The molecule has 1 atom stereocenters. The van der Waals surface area contributed by atoms with Crippen molar-refractivity contribution in [1.82, 2.24) is 10.3 Å². The van der Waals surface area contributed by atoms with E-state index in [9.17, 15) is 14.4 Å². The molecule has 0 spiro atoms. The van der Waals surface area contributed by atoms with Crippen LogP contribution in [0.15, 0.2) is 54.7 Å². The van der Waals surface area contributed by atoms with Crippen LogP contribution in [0.2, 0.25) is 0 Å². The maximum Gasteiger partial charge on any atom is 0.234 e. The van der Waals surface area contributed by atoms with Crippen LogP contribution in [0.1, 0.15) is 31.4 Å². The minimum absolute atomic E-state index is 0.0176. The number of rotatable bonds is 10. The first-order valence-corrected chi connectivity index (χ1v) is 11.8. The summed E-state index contributed by atoms with van der Waals surface area (Å²) in [4.78, 5) is 39.7. The number of carbonyl (C=O) groups excluding carboxylic acids is 3. The van der Waals surface area contributed by atoms with E-state index >= 15 is 0 Å². The fraction of sp³-hybridized carbons (Fsp3) is 0.320. The third-order valence-corrected chi connectivity index (χ3v) is 6.12. The molecule has 6 nitrogen and oxygen atoms in total. The van der Waals surface area contributed by atoms with Gasteiger partial charge < -0.3 is 15.6 Å². The van der Waals surface area contributed by atoms with Gasteiger partial charge in [0.05, 0.1) is 12.3 Å². The van der Waals surface area contributed by atoms with Gasteiger partial charge in [-0.3, -0.25) is 14.4 Å². The van der Waals surface area contributed by atoms with E-state index in [1.54, 1.807) is 0 Å². The van der Waals surface area contributed by atoms with E-state index in [4.69, 9.17) is 0 Å². The Morgan fingerprint density at radius 2 is 1.75 bits per heavy atom. The zero-order chi connectivity index (χ0) is 22.9. The Labute approximate surface area is 192 Å². The van der Waals surface area contributed by atoms with Gasteiger partial charge in [-0.1, -0.05) is 62.0 Å². The summed E-state index contributed by atoms with van der Waals surface area (Å²) in [6.07, 6.45) is 3.92. The first-order valence-electron chi connectivity index (χ1n) is 10.8. The molecule has 2 amide bonds. The third kappa shape index (κ3) is 6.72. The number of fused-ring (bicyclic) bond motifs is 1. The van der Waals surface area contributed by atoms with Crippen molar-refractivity contribution in [1.29, 1.82) is 0 Å². The van der Waals surface area contributed by atoms with Crippen molar-refractivity contribution in [2.75, 3.05) is 17.6 Å². The highest BCUT2D eigenvalue weighted by Crippen LogP contribution is 2.22. The maximum absolute atomic E-state index is 12.2. The molecule has 1 heterocycles. The number of amides is 2. The van der Waals surface area contributed by atoms with Crippen molar-refractivity contribution in [3.05, 3.63) is 65.9 Å². The van der Waals surface area contributed by atoms with Crippen molar-refractivity contribution in [3.63, 3.8) is 0 Å². The molecule has 7 heteroatoms. The van der Waals surface area contributed by atoms with E-state index in [1.807, 2.05) is 62.5 Å². The number of aromatic nitrogens is 1. The lowest BCUT2D eigenvalue weighted by atomic mass is 9.97. The van der Waals surface area contributed by atoms with Crippen LogP contribution in [0.25, 0.3) is 10.9 Å². The summed E-state index contributed by atoms with van der Waals surface area (Å²) in [6, 6.07) is 15.7. The van der Waals surface area contributed by atoms with Gasteiger partial charge in [-0.2, -0.15) is 0 Å². The SMILES string of the molecule is CCc1ccccc1NC(=O)CSC(=O)CNC(=O)C[C@H](C)Cc1c[nH]c2ccccc12. The Balaban J connectivity index is 1.37. The Hall–Kier alpha value is -3.06. The van der Waals surface area contributed by atoms with Crippen molar-refractivity contribution < 1.29 is 14.4 Å². The van der Waals surface area contributed by atoms with Gasteiger partial charge in [0.25, 0.3) is 0 Å². The zero-order valence-corrected chi connectivity index (χ0v) is 19.3. The molecule has 0 fully saturated rings. The van der Waals surface area contributed by atoms with E-state index in [2.05, 4.69) is 21.7 Å². The molecule has 0 aliphatic rings. The molecule has 0 aliphatic heterocycles. The minimum Gasteiger partial charge on any atom is -0.361 e. The topological polar surface area (TPSA) is 91.1 Å². The van der Waals surface area contributed by atoms with Crippen LogP contribution in [-0.4, -0.2) is 34.2 Å². The molecule has 0 saturated carbocycles. The molecule has 3 aromatic rings. The molecule has 1 aromatic heterocycles. The van der Waals surface area contributed by atoms with E-state index in [1.165, 1.54) is 10.9 Å². The highest BCUT2D eigenvalue weighted by molar-refractivity contribution is 8.14. The van der Waals surface area contributed by atoms with Crippen molar-refractivity contribution in [2.24, 2.45) is 5.92 Å². The second-order valence-corrected chi connectivity index (χ2v) is 8.90. The molecule has 0 unspecified atom stereocenters. The molecule has 0 saturated heterocycles. The summed E-state index contributed by atoms with van der Waals surface area (Å²) >= 11 is 0.913. The van der Waals surface area contributed by atoms with Gasteiger partial charge in [-0.15, -0.1) is 0 Å². The number of hydrogen-bond acceptors (Lipinski definition) is 4. The second kappa shape index (κ2) is 11.5. The number of nitrogens with one attached hydrogen (secondary N) is 3. The van der Waals surface area contributed by atoms with Crippen LogP contribution >= 0.6 is 11.8 Å². The van der Waals surface area contributed by atoms with Crippen LogP contribution in [0.3, 0.4) is 0 Å². The first-order chi connectivity index (χ1) is 15.5.